The van der Waals surface area contributed by atoms with E-state index in [0.29, 0.717) is 12.0 Å². The predicted molar refractivity (Wildman–Crippen MR) is 62.2 cm³/mol. The topological polar surface area (TPSA) is 64.0 Å². The number of nitrogens with zero attached hydrogens (tertiary/aromatic N) is 4. The average Bonchev–Trinajstić information content (AvgIpc) is 2.17. The lowest BCUT2D eigenvalue weighted by Gasteiger charge is -2.48. The number of piperidine rings is 1. The Morgan fingerprint density at radius 3 is 2.47 bits per heavy atom. The van der Waals surface area contributed by atoms with Gasteiger partial charge < -0.3 is 10.2 Å². The van der Waals surface area contributed by atoms with Crippen molar-refractivity contribution < 1.29 is 0 Å². The van der Waals surface area contributed by atoms with Crippen LogP contribution in [0.1, 0.15) is 12.8 Å². The largest absolute Gasteiger partial charge is 0.316 e. The zero-order valence-electron chi connectivity index (χ0n) is 8.85. The quantitative estimate of drug-likeness (QED) is 0.453. The number of rotatable bonds is 3. The molecule has 1 N–H and O–H groups in total. The molecule has 0 aromatic heterocycles. The Kier molecular flexibility index (Phi) is 4.67. The third-order valence-electron chi connectivity index (χ3n) is 3.50. The summed E-state index contributed by atoms with van der Waals surface area (Å²) in [5, 5.41) is 6.92. The zero-order valence-corrected chi connectivity index (χ0v) is 9.67. The van der Waals surface area contributed by atoms with Crippen molar-refractivity contribution in [1.29, 1.82) is 0 Å². The lowest BCUT2D eigenvalue weighted by Crippen LogP contribution is -2.58. The fraction of sp³-hybridized carbons (Fsp3) is 1.00. The Labute approximate surface area is 96.2 Å². The van der Waals surface area contributed by atoms with Gasteiger partial charge in [0.05, 0.1) is 0 Å². The van der Waals surface area contributed by atoms with Crippen LogP contribution >= 0.6 is 12.4 Å². The Bertz CT molecular complexity index is 237. The molecule has 0 atom stereocenters. The minimum absolute atomic E-state index is 0. The third kappa shape index (κ3) is 2.98. The summed E-state index contributed by atoms with van der Waals surface area (Å²) >= 11 is 0. The summed E-state index contributed by atoms with van der Waals surface area (Å²) in [5.41, 5.74) is 8.78. The van der Waals surface area contributed by atoms with E-state index in [1.54, 1.807) is 0 Å². The van der Waals surface area contributed by atoms with Crippen molar-refractivity contribution in [3.63, 3.8) is 0 Å². The molecule has 5 nitrogen and oxygen atoms in total. The van der Waals surface area contributed by atoms with Crippen LogP contribution in [0.5, 0.6) is 0 Å². The van der Waals surface area contributed by atoms with Gasteiger partial charge in [0.2, 0.25) is 0 Å². The van der Waals surface area contributed by atoms with Gasteiger partial charge in [-0.25, -0.2) is 0 Å². The summed E-state index contributed by atoms with van der Waals surface area (Å²) in [7, 11) is 0. The normalized spacial score (nSPS) is 23.7. The monoisotopic (exact) mass is 231 g/mol. The van der Waals surface area contributed by atoms with Crippen LogP contribution in [0.4, 0.5) is 0 Å². The predicted octanol–water partition coefficient (Wildman–Crippen LogP) is 1.40. The van der Waals surface area contributed by atoms with Crippen molar-refractivity contribution in [2.45, 2.75) is 12.8 Å². The highest BCUT2D eigenvalue weighted by Gasteiger charge is 2.39. The fourth-order valence-corrected chi connectivity index (χ4v) is 2.31. The SMILES string of the molecule is Cl.[N-]=[N+]=NCCN1CCC2(CC1)CNC2. The Morgan fingerprint density at radius 1 is 1.33 bits per heavy atom. The molecule has 2 heterocycles. The van der Waals surface area contributed by atoms with Gasteiger partial charge in [-0.3, -0.25) is 0 Å². The number of azide groups is 1. The number of likely N-dealkylation sites (tertiary alicyclic amines) is 1. The van der Waals surface area contributed by atoms with Gasteiger partial charge in [0.15, 0.2) is 0 Å². The maximum absolute atomic E-state index is 8.16. The number of halogens is 1. The number of nitrogens with one attached hydrogen (secondary N) is 1. The van der Waals surface area contributed by atoms with E-state index in [4.69, 9.17) is 5.53 Å². The molecule has 15 heavy (non-hydrogen) atoms. The molecule has 1 spiro atoms. The molecule has 0 aromatic rings. The maximum atomic E-state index is 8.16. The lowest BCUT2D eigenvalue weighted by atomic mass is 9.73. The van der Waals surface area contributed by atoms with Crippen molar-refractivity contribution in [1.82, 2.24) is 10.2 Å². The summed E-state index contributed by atoms with van der Waals surface area (Å²) in [5.74, 6) is 0. The molecular weight excluding hydrogens is 214 g/mol. The highest BCUT2D eigenvalue weighted by atomic mass is 35.5. The van der Waals surface area contributed by atoms with Gasteiger partial charge in [0.25, 0.3) is 0 Å². The molecular formula is C9H18ClN5. The average molecular weight is 232 g/mol. The van der Waals surface area contributed by atoms with Crippen molar-refractivity contribution in [2.24, 2.45) is 10.5 Å². The second-order valence-electron chi connectivity index (χ2n) is 4.40. The molecule has 2 rings (SSSR count). The first-order chi connectivity index (χ1) is 6.85. The van der Waals surface area contributed by atoms with Gasteiger partial charge in [-0.1, -0.05) is 5.11 Å². The Hall–Kier alpha value is -0.480. The molecule has 0 bridgehead atoms. The third-order valence-corrected chi connectivity index (χ3v) is 3.50. The van der Waals surface area contributed by atoms with E-state index in [1.165, 1.54) is 39.0 Å². The van der Waals surface area contributed by atoms with Gasteiger partial charge in [-0.2, -0.15) is 0 Å². The van der Waals surface area contributed by atoms with E-state index >= 15 is 0 Å². The van der Waals surface area contributed by atoms with Crippen LogP contribution in [0, 0.1) is 5.41 Å². The molecule has 0 aromatic carbocycles. The maximum Gasteiger partial charge on any atom is 0.0385 e. The minimum Gasteiger partial charge on any atom is -0.316 e. The van der Waals surface area contributed by atoms with Crippen LogP contribution in [0.15, 0.2) is 5.11 Å². The van der Waals surface area contributed by atoms with Crippen LogP contribution in [-0.4, -0.2) is 44.2 Å². The lowest BCUT2D eigenvalue weighted by molar-refractivity contribution is 0.0569. The summed E-state index contributed by atoms with van der Waals surface area (Å²) < 4.78 is 0. The van der Waals surface area contributed by atoms with Crippen molar-refractivity contribution in [3.05, 3.63) is 10.4 Å². The molecule has 2 saturated heterocycles. The van der Waals surface area contributed by atoms with Crippen LogP contribution in [0.25, 0.3) is 10.4 Å². The van der Waals surface area contributed by atoms with Gasteiger partial charge >= 0.3 is 0 Å². The first-order valence-electron chi connectivity index (χ1n) is 5.29. The van der Waals surface area contributed by atoms with E-state index in [-0.39, 0.29) is 12.4 Å². The van der Waals surface area contributed by atoms with Crippen molar-refractivity contribution in [2.75, 3.05) is 39.3 Å². The first kappa shape index (κ1) is 12.6. The summed E-state index contributed by atoms with van der Waals surface area (Å²) in [4.78, 5) is 5.17. The van der Waals surface area contributed by atoms with Gasteiger partial charge in [0, 0.05) is 31.1 Å². The number of hydrogen-bond donors (Lipinski definition) is 1. The first-order valence-corrected chi connectivity index (χ1v) is 5.29. The fourth-order valence-electron chi connectivity index (χ4n) is 2.31. The minimum atomic E-state index is 0. The molecule has 2 aliphatic rings. The molecule has 0 saturated carbocycles. The smallest absolute Gasteiger partial charge is 0.0385 e. The molecule has 0 unspecified atom stereocenters. The van der Waals surface area contributed by atoms with Crippen molar-refractivity contribution >= 4 is 12.4 Å². The van der Waals surface area contributed by atoms with E-state index in [0.717, 1.165) is 6.54 Å². The zero-order chi connectivity index (χ0) is 9.86. The van der Waals surface area contributed by atoms with E-state index in [1.807, 2.05) is 0 Å². The molecule has 0 aliphatic carbocycles. The molecule has 6 heteroatoms. The standard InChI is InChI=1S/C9H17N5.ClH/c10-13-12-3-6-14-4-1-9(2-5-14)7-11-8-9;/h11H,1-8H2;1H. The molecule has 86 valence electrons. The number of hydrogen-bond acceptors (Lipinski definition) is 3. The molecule has 0 amide bonds. The van der Waals surface area contributed by atoms with Crippen molar-refractivity contribution in [3.8, 4) is 0 Å². The van der Waals surface area contributed by atoms with E-state index in [9.17, 15) is 0 Å². The van der Waals surface area contributed by atoms with Crippen LogP contribution in [-0.2, 0) is 0 Å². The van der Waals surface area contributed by atoms with Crippen LogP contribution in [0.2, 0.25) is 0 Å². The summed E-state index contributed by atoms with van der Waals surface area (Å²) in [6.07, 6.45) is 2.60. The van der Waals surface area contributed by atoms with Gasteiger partial charge in [-0.05, 0) is 36.9 Å². The molecule has 2 fully saturated rings. The molecule has 2 aliphatic heterocycles. The van der Waals surface area contributed by atoms with E-state index in [2.05, 4.69) is 20.2 Å². The summed E-state index contributed by atoms with van der Waals surface area (Å²) in [6, 6.07) is 0. The van der Waals surface area contributed by atoms with Gasteiger partial charge in [0.1, 0.15) is 0 Å². The highest BCUT2D eigenvalue weighted by molar-refractivity contribution is 5.85. The second kappa shape index (κ2) is 5.56. The Balaban J connectivity index is 0.00000112. The Morgan fingerprint density at radius 2 is 2.00 bits per heavy atom. The second-order valence-corrected chi connectivity index (χ2v) is 4.40. The highest BCUT2D eigenvalue weighted by Crippen LogP contribution is 2.34. The summed E-state index contributed by atoms with van der Waals surface area (Å²) in [6.45, 7) is 6.29. The molecule has 0 radical (unpaired) electrons. The van der Waals surface area contributed by atoms with Gasteiger partial charge in [-0.15, -0.1) is 12.4 Å². The van der Waals surface area contributed by atoms with E-state index < -0.39 is 0 Å². The van der Waals surface area contributed by atoms with Crippen LogP contribution < -0.4 is 5.32 Å². The van der Waals surface area contributed by atoms with Crippen LogP contribution in [0.3, 0.4) is 0 Å².